The fraction of sp³-hybridized carbons (Fsp3) is 0.350. The first-order valence-electron chi connectivity index (χ1n) is 8.97. The Morgan fingerprint density at radius 3 is 2.41 bits per heavy atom. The first kappa shape index (κ1) is 21.9. The van der Waals surface area contributed by atoms with Crippen LogP contribution in [0.2, 0.25) is 10.0 Å². The number of nitrogens with zero attached hydrogens (tertiary/aromatic N) is 1. The van der Waals surface area contributed by atoms with Gasteiger partial charge in [0, 0.05) is 28.7 Å². The van der Waals surface area contributed by atoms with Gasteiger partial charge in [0.15, 0.2) is 0 Å². The van der Waals surface area contributed by atoms with Gasteiger partial charge in [-0.25, -0.2) is 4.39 Å². The molecule has 2 aromatic rings. The molecule has 0 saturated carbocycles. The molecular weight excluding hydrogens is 431 g/mol. The quantitative estimate of drug-likeness (QED) is 0.581. The molecule has 3 rings (SSSR count). The average Bonchev–Trinajstić information content (AvgIpc) is 2.65. The zero-order valence-electron chi connectivity index (χ0n) is 15.2. The number of alkyl halides is 3. The second-order valence-corrected chi connectivity index (χ2v) is 7.81. The molecule has 1 aliphatic rings. The van der Waals surface area contributed by atoms with Crippen molar-refractivity contribution in [2.75, 3.05) is 18.4 Å². The SMILES string of the molecule is O=C(Nc1ccc(Cl)c(C(F)(F)F)c1)C1CCN(Cc2ccc(Cl)cc2F)CC1. The number of nitrogens with one attached hydrogen (secondary N) is 1. The van der Waals surface area contributed by atoms with Gasteiger partial charge in [0.1, 0.15) is 5.82 Å². The third-order valence-corrected chi connectivity index (χ3v) is 5.47. The maximum Gasteiger partial charge on any atom is 0.417 e. The van der Waals surface area contributed by atoms with Gasteiger partial charge >= 0.3 is 6.18 Å². The second kappa shape index (κ2) is 8.90. The molecule has 156 valence electrons. The minimum atomic E-state index is -4.60. The molecule has 0 unspecified atom stereocenters. The van der Waals surface area contributed by atoms with Crippen LogP contribution in [0.4, 0.5) is 23.2 Å². The molecule has 0 atom stereocenters. The summed E-state index contributed by atoms with van der Waals surface area (Å²) in [6.45, 7) is 1.56. The van der Waals surface area contributed by atoms with E-state index in [2.05, 4.69) is 5.32 Å². The van der Waals surface area contributed by atoms with Gasteiger partial charge in [0.2, 0.25) is 5.91 Å². The van der Waals surface area contributed by atoms with Gasteiger partial charge < -0.3 is 5.32 Å². The molecule has 1 amide bonds. The fourth-order valence-electron chi connectivity index (χ4n) is 3.31. The summed E-state index contributed by atoms with van der Waals surface area (Å²) in [7, 11) is 0. The lowest BCUT2D eigenvalue weighted by Gasteiger charge is -2.31. The van der Waals surface area contributed by atoms with Crippen LogP contribution in [0.1, 0.15) is 24.0 Å². The van der Waals surface area contributed by atoms with Gasteiger partial charge in [-0.15, -0.1) is 0 Å². The first-order chi connectivity index (χ1) is 13.6. The molecule has 0 spiro atoms. The second-order valence-electron chi connectivity index (χ2n) is 6.97. The van der Waals surface area contributed by atoms with E-state index in [0.29, 0.717) is 43.1 Å². The smallest absolute Gasteiger partial charge is 0.326 e. The third kappa shape index (κ3) is 5.62. The summed E-state index contributed by atoms with van der Waals surface area (Å²) in [4.78, 5) is 14.5. The molecule has 29 heavy (non-hydrogen) atoms. The van der Waals surface area contributed by atoms with Crippen LogP contribution in [0, 0.1) is 11.7 Å². The van der Waals surface area contributed by atoms with Crippen molar-refractivity contribution in [1.29, 1.82) is 0 Å². The highest BCUT2D eigenvalue weighted by molar-refractivity contribution is 6.31. The van der Waals surface area contributed by atoms with Crippen LogP contribution < -0.4 is 5.32 Å². The van der Waals surface area contributed by atoms with Crippen LogP contribution >= 0.6 is 23.2 Å². The Labute approximate surface area is 175 Å². The summed E-state index contributed by atoms with van der Waals surface area (Å²) in [6, 6.07) is 7.81. The van der Waals surface area contributed by atoms with Crippen molar-refractivity contribution in [3.05, 3.63) is 63.4 Å². The molecule has 0 bridgehead atoms. The highest BCUT2D eigenvalue weighted by Gasteiger charge is 2.34. The number of carbonyl (C=O) groups is 1. The number of amides is 1. The normalized spacial score (nSPS) is 16.1. The van der Waals surface area contributed by atoms with E-state index in [0.717, 1.165) is 12.1 Å². The van der Waals surface area contributed by atoms with Crippen molar-refractivity contribution in [2.24, 2.45) is 5.92 Å². The van der Waals surface area contributed by atoms with Crippen LogP contribution in [0.3, 0.4) is 0 Å². The molecule has 1 aliphatic heterocycles. The van der Waals surface area contributed by atoms with Crippen molar-refractivity contribution in [3.63, 3.8) is 0 Å². The van der Waals surface area contributed by atoms with Crippen LogP contribution in [0.25, 0.3) is 0 Å². The molecule has 1 N–H and O–H groups in total. The number of benzene rings is 2. The Bertz CT molecular complexity index is 897. The van der Waals surface area contributed by atoms with Crippen LogP contribution in [-0.2, 0) is 17.5 Å². The summed E-state index contributed by atoms with van der Waals surface area (Å²) in [5.74, 6) is -1.04. The van der Waals surface area contributed by atoms with E-state index < -0.39 is 16.8 Å². The van der Waals surface area contributed by atoms with Crippen molar-refractivity contribution >= 4 is 34.8 Å². The lowest BCUT2D eigenvalue weighted by molar-refractivity contribution is -0.137. The molecule has 1 saturated heterocycles. The Hall–Kier alpha value is -1.83. The molecular formula is C20H18Cl2F4N2O. The monoisotopic (exact) mass is 448 g/mol. The molecule has 3 nitrogen and oxygen atoms in total. The summed E-state index contributed by atoms with van der Waals surface area (Å²) >= 11 is 11.4. The Kier molecular flexibility index (Phi) is 6.71. The number of halogens is 6. The van der Waals surface area contributed by atoms with Crippen LogP contribution in [-0.4, -0.2) is 23.9 Å². The molecule has 1 heterocycles. The van der Waals surface area contributed by atoms with Crippen LogP contribution in [0.15, 0.2) is 36.4 Å². The number of likely N-dealkylation sites (tertiary alicyclic amines) is 1. The van der Waals surface area contributed by atoms with E-state index in [4.69, 9.17) is 23.2 Å². The highest BCUT2D eigenvalue weighted by atomic mass is 35.5. The molecule has 0 aromatic heterocycles. The number of piperidine rings is 1. The summed E-state index contributed by atoms with van der Waals surface area (Å²) in [5, 5.41) is 2.45. The number of carbonyl (C=O) groups excluding carboxylic acids is 1. The van der Waals surface area contributed by atoms with E-state index in [1.807, 2.05) is 4.90 Å². The van der Waals surface area contributed by atoms with E-state index in [1.165, 1.54) is 12.1 Å². The van der Waals surface area contributed by atoms with E-state index >= 15 is 0 Å². The number of rotatable bonds is 4. The topological polar surface area (TPSA) is 32.3 Å². The molecule has 0 aliphatic carbocycles. The number of hydrogen-bond donors (Lipinski definition) is 1. The molecule has 1 fully saturated rings. The first-order valence-corrected chi connectivity index (χ1v) is 9.73. The van der Waals surface area contributed by atoms with Gasteiger partial charge in [-0.3, -0.25) is 9.69 Å². The molecule has 2 aromatic carbocycles. The zero-order valence-corrected chi connectivity index (χ0v) is 16.7. The standard InChI is InChI=1S/C20H18Cl2F4N2O/c21-14-2-1-13(18(23)9-14)11-28-7-5-12(6-8-28)19(29)27-15-3-4-17(22)16(10-15)20(24,25)26/h1-4,9-10,12H,5-8,11H2,(H,27,29). The maximum atomic E-state index is 13.9. The van der Waals surface area contributed by atoms with Gasteiger partial charge in [-0.1, -0.05) is 29.3 Å². The van der Waals surface area contributed by atoms with Crippen molar-refractivity contribution in [3.8, 4) is 0 Å². The fourth-order valence-corrected chi connectivity index (χ4v) is 3.69. The lowest BCUT2D eigenvalue weighted by atomic mass is 9.95. The van der Waals surface area contributed by atoms with Gasteiger partial charge in [-0.2, -0.15) is 13.2 Å². The minimum Gasteiger partial charge on any atom is -0.326 e. The maximum absolute atomic E-state index is 13.9. The Balaban J connectivity index is 1.56. The van der Waals surface area contributed by atoms with Gasteiger partial charge in [0.25, 0.3) is 0 Å². The third-order valence-electron chi connectivity index (χ3n) is 4.91. The highest BCUT2D eigenvalue weighted by Crippen LogP contribution is 2.36. The van der Waals surface area contributed by atoms with Gasteiger partial charge in [-0.05, 0) is 56.3 Å². The predicted molar refractivity (Wildman–Crippen MR) is 104 cm³/mol. The average molecular weight is 449 g/mol. The van der Waals surface area contributed by atoms with E-state index in [9.17, 15) is 22.4 Å². The van der Waals surface area contributed by atoms with Crippen molar-refractivity contribution in [2.45, 2.75) is 25.6 Å². The largest absolute Gasteiger partial charge is 0.417 e. The van der Waals surface area contributed by atoms with Crippen LogP contribution in [0.5, 0.6) is 0 Å². The van der Waals surface area contributed by atoms with Gasteiger partial charge in [0.05, 0.1) is 10.6 Å². The zero-order chi connectivity index (χ0) is 21.2. The number of anilines is 1. The summed E-state index contributed by atoms with van der Waals surface area (Å²) in [6.07, 6.45) is -3.54. The van der Waals surface area contributed by atoms with Crippen molar-refractivity contribution in [1.82, 2.24) is 4.90 Å². The number of hydrogen-bond acceptors (Lipinski definition) is 2. The van der Waals surface area contributed by atoms with Crippen molar-refractivity contribution < 1.29 is 22.4 Å². The lowest BCUT2D eigenvalue weighted by Crippen LogP contribution is -2.38. The predicted octanol–water partition coefficient (Wildman–Crippen LogP) is 6.00. The summed E-state index contributed by atoms with van der Waals surface area (Å²) < 4.78 is 52.8. The molecule has 0 radical (unpaired) electrons. The Morgan fingerprint density at radius 1 is 1.10 bits per heavy atom. The van der Waals surface area contributed by atoms with E-state index in [1.54, 1.807) is 12.1 Å². The minimum absolute atomic E-state index is 0.0531. The summed E-state index contributed by atoms with van der Waals surface area (Å²) in [5.41, 5.74) is -0.410. The Morgan fingerprint density at radius 2 is 1.79 bits per heavy atom. The van der Waals surface area contributed by atoms with E-state index in [-0.39, 0.29) is 23.3 Å². The molecule has 9 heteroatoms.